The van der Waals surface area contributed by atoms with E-state index in [0.29, 0.717) is 23.2 Å². The number of carbonyl (C=O) groups is 1. The minimum absolute atomic E-state index is 0.0142. The summed E-state index contributed by atoms with van der Waals surface area (Å²) in [7, 11) is 0. The SMILES string of the molecule is NC(=O)c1cc2nccc(OC3CCCNC3)c2cc1OC(F)F. The number of nitrogens with one attached hydrogen (secondary N) is 1. The number of rotatable bonds is 5. The minimum Gasteiger partial charge on any atom is -0.488 e. The van der Waals surface area contributed by atoms with E-state index in [0.717, 1.165) is 19.4 Å². The van der Waals surface area contributed by atoms with Crippen molar-refractivity contribution in [3.8, 4) is 11.5 Å². The van der Waals surface area contributed by atoms with Gasteiger partial charge in [-0.15, -0.1) is 0 Å². The number of primary amides is 1. The molecule has 1 aliphatic rings. The van der Waals surface area contributed by atoms with Gasteiger partial charge in [0.15, 0.2) is 0 Å². The first-order valence-corrected chi connectivity index (χ1v) is 7.59. The average molecular weight is 337 g/mol. The van der Waals surface area contributed by atoms with E-state index in [1.165, 1.54) is 18.3 Å². The minimum atomic E-state index is -3.07. The highest BCUT2D eigenvalue weighted by Gasteiger charge is 2.19. The number of pyridine rings is 1. The van der Waals surface area contributed by atoms with Gasteiger partial charge in [-0.2, -0.15) is 8.78 Å². The molecule has 128 valence electrons. The topological polar surface area (TPSA) is 86.5 Å². The smallest absolute Gasteiger partial charge is 0.387 e. The molecule has 1 aromatic heterocycles. The Labute approximate surface area is 136 Å². The molecule has 8 heteroatoms. The molecule has 1 atom stereocenters. The highest BCUT2D eigenvalue weighted by atomic mass is 19.3. The zero-order chi connectivity index (χ0) is 17.1. The fourth-order valence-corrected chi connectivity index (χ4v) is 2.74. The third-order valence-corrected chi connectivity index (χ3v) is 3.83. The Bertz CT molecular complexity index is 749. The van der Waals surface area contributed by atoms with Crippen LogP contribution in [0.4, 0.5) is 8.78 Å². The van der Waals surface area contributed by atoms with Crippen LogP contribution in [0.15, 0.2) is 24.4 Å². The summed E-state index contributed by atoms with van der Waals surface area (Å²) < 4.78 is 35.6. The van der Waals surface area contributed by atoms with Crippen molar-refractivity contribution in [2.24, 2.45) is 5.73 Å². The molecule has 1 amide bonds. The Morgan fingerprint density at radius 1 is 1.38 bits per heavy atom. The molecule has 3 rings (SSSR count). The van der Waals surface area contributed by atoms with E-state index in [4.69, 9.17) is 10.5 Å². The standard InChI is InChI=1S/C16H17F2N3O3/c17-16(18)24-14-7-10-12(6-11(14)15(19)22)21-5-3-13(10)23-9-2-1-4-20-8-9/h3,5-7,9,16,20H,1-2,4,8H2,(H2,19,22). The zero-order valence-electron chi connectivity index (χ0n) is 12.8. The molecular formula is C16H17F2N3O3. The Morgan fingerprint density at radius 2 is 2.21 bits per heavy atom. The van der Waals surface area contributed by atoms with Crippen LogP contribution < -0.4 is 20.5 Å². The molecule has 0 radical (unpaired) electrons. The molecule has 0 bridgehead atoms. The molecule has 1 unspecified atom stereocenters. The molecule has 1 fully saturated rings. The van der Waals surface area contributed by atoms with E-state index in [2.05, 4.69) is 15.0 Å². The van der Waals surface area contributed by atoms with Crippen LogP contribution in [0.5, 0.6) is 11.5 Å². The van der Waals surface area contributed by atoms with Gasteiger partial charge in [-0.3, -0.25) is 9.78 Å². The van der Waals surface area contributed by atoms with Gasteiger partial charge in [0, 0.05) is 18.1 Å². The molecule has 24 heavy (non-hydrogen) atoms. The number of piperidine rings is 1. The Kier molecular flexibility index (Phi) is 4.75. The quantitative estimate of drug-likeness (QED) is 0.872. The second-order valence-electron chi connectivity index (χ2n) is 5.50. The van der Waals surface area contributed by atoms with Gasteiger partial charge in [0.1, 0.15) is 17.6 Å². The van der Waals surface area contributed by atoms with Gasteiger partial charge >= 0.3 is 6.61 Å². The van der Waals surface area contributed by atoms with E-state index >= 15 is 0 Å². The number of carbonyl (C=O) groups excluding carboxylic acids is 1. The number of hydrogen-bond donors (Lipinski definition) is 2. The lowest BCUT2D eigenvalue weighted by Crippen LogP contribution is -2.37. The van der Waals surface area contributed by atoms with E-state index in [1.54, 1.807) is 6.07 Å². The van der Waals surface area contributed by atoms with E-state index < -0.39 is 12.5 Å². The first-order chi connectivity index (χ1) is 11.5. The van der Waals surface area contributed by atoms with Crippen molar-refractivity contribution < 1.29 is 23.0 Å². The Morgan fingerprint density at radius 3 is 2.88 bits per heavy atom. The Balaban J connectivity index is 2.02. The third kappa shape index (κ3) is 3.53. The van der Waals surface area contributed by atoms with Crippen LogP contribution in [0.2, 0.25) is 0 Å². The molecule has 0 aliphatic carbocycles. The number of amides is 1. The van der Waals surface area contributed by atoms with Gasteiger partial charge in [0.05, 0.1) is 11.1 Å². The average Bonchev–Trinajstić information content (AvgIpc) is 2.55. The highest BCUT2D eigenvalue weighted by molar-refractivity contribution is 6.01. The number of fused-ring (bicyclic) bond motifs is 1. The van der Waals surface area contributed by atoms with Crippen molar-refractivity contribution >= 4 is 16.8 Å². The van der Waals surface area contributed by atoms with Gasteiger partial charge in [-0.1, -0.05) is 0 Å². The number of aromatic nitrogens is 1. The number of ether oxygens (including phenoxy) is 2. The maximum Gasteiger partial charge on any atom is 0.387 e. The number of benzene rings is 1. The second-order valence-corrected chi connectivity index (χ2v) is 5.50. The maximum atomic E-state index is 12.6. The predicted octanol–water partition coefficient (Wildman–Crippen LogP) is 2.07. The van der Waals surface area contributed by atoms with Crippen molar-refractivity contribution in [1.29, 1.82) is 0 Å². The lowest BCUT2D eigenvalue weighted by atomic mass is 10.1. The van der Waals surface area contributed by atoms with Crippen molar-refractivity contribution in [2.45, 2.75) is 25.6 Å². The van der Waals surface area contributed by atoms with E-state index in [-0.39, 0.29) is 17.4 Å². The highest BCUT2D eigenvalue weighted by Crippen LogP contribution is 2.32. The number of nitrogens with two attached hydrogens (primary N) is 1. The summed E-state index contributed by atoms with van der Waals surface area (Å²) in [6, 6.07) is 4.31. The molecule has 1 aromatic carbocycles. The lowest BCUT2D eigenvalue weighted by Gasteiger charge is -2.24. The first kappa shape index (κ1) is 16.4. The summed E-state index contributed by atoms with van der Waals surface area (Å²) in [5.41, 5.74) is 5.51. The number of nitrogens with zero attached hydrogens (tertiary/aromatic N) is 1. The molecule has 6 nitrogen and oxygen atoms in total. The molecule has 2 heterocycles. The zero-order valence-corrected chi connectivity index (χ0v) is 12.8. The number of hydrogen-bond acceptors (Lipinski definition) is 5. The summed E-state index contributed by atoms with van der Waals surface area (Å²) >= 11 is 0. The van der Waals surface area contributed by atoms with Crippen LogP contribution in [-0.2, 0) is 0 Å². The fourth-order valence-electron chi connectivity index (χ4n) is 2.74. The van der Waals surface area contributed by atoms with Crippen LogP contribution in [0.1, 0.15) is 23.2 Å². The van der Waals surface area contributed by atoms with Gasteiger partial charge in [0.2, 0.25) is 0 Å². The van der Waals surface area contributed by atoms with Crippen molar-refractivity contribution in [3.63, 3.8) is 0 Å². The molecule has 3 N–H and O–H groups in total. The summed E-state index contributed by atoms with van der Waals surface area (Å²) in [6.07, 6.45) is 3.42. The van der Waals surface area contributed by atoms with E-state index in [9.17, 15) is 13.6 Å². The molecular weight excluding hydrogens is 320 g/mol. The normalized spacial score (nSPS) is 17.9. The molecule has 0 spiro atoms. The van der Waals surface area contributed by atoms with Gasteiger partial charge in [-0.25, -0.2) is 0 Å². The second kappa shape index (κ2) is 6.96. The first-order valence-electron chi connectivity index (χ1n) is 7.59. The fraction of sp³-hybridized carbons (Fsp3) is 0.375. The predicted molar refractivity (Wildman–Crippen MR) is 83.4 cm³/mol. The van der Waals surface area contributed by atoms with Crippen LogP contribution in [0.25, 0.3) is 10.9 Å². The lowest BCUT2D eigenvalue weighted by molar-refractivity contribution is -0.0500. The van der Waals surface area contributed by atoms with Crippen LogP contribution in [0, 0.1) is 0 Å². The third-order valence-electron chi connectivity index (χ3n) is 3.83. The van der Waals surface area contributed by atoms with Crippen molar-refractivity contribution in [1.82, 2.24) is 10.3 Å². The largest absolute Gasteiger partial charge is 0.488 e. The van der Waals surface area contributed by atoms with Gasteiger partial charge < -0.3 is 20.5 Å². The number of alkyl halides is 2. The summed E-state index contributed by atoms with van der Waals surface area (Å²) in [5, 5.41) is 3.73. The molecule has 2 aromatic rings. The molecule has 1 aliphatic heterocycles. The molecule has 0 saturated carbocycles. The van der Waals surface area contributed by atoms with Crippen LogP contribution >= 0.6 is 0 Å². The van der Waals surface area contributed by atoms with E-state index in [1.807, 2.05) is 0 Å². The summed E-state index contributed by atoms with van der Waals surface area (Å²) in [6.45, 7) is -1.40. The maximum absolute atomic E-state index is 12.6. The van der Waals surface area contributed by atoms with Crippen molar-refractivity contribution in [3.05, 3.63) is 30.0 Å². The van der Waals surface area contributed by atoms with Crippen molar-refractivity contribution in [2.75, 3.05) is 13.1 Å². The summed E-state index contributed by atoms with van der Waals surface area (Å²) in [5.74, 6) is -0.648. The van der Waals surface area contributed by atoms with Crippen LogP contribution in [-0.4, -0.2) is 36.7 Å². The van der Waals surface area contributed by atoms with Gasteiger partial charge in [-0.05, 0) is 37.6 Å². The van der Waals surface area contributed by atoms with Crippen LogP contribution in [0.3, 0.4) is 0 Å². The van der Waals surface area contributed by atoms with Gasteiger partial charge in [0.25, 0.3) is 5.91 Å². The summed E-state index contributed by atoms with van der Waals surface area (Å²) in [4.78, 5) is 15.6. The number of halogens is 2. The monoisotopic (exact) mass is 337 g/mol. The Hall–Kier alpha value is -2.48. The molecule has 1 saturated heterocycles.